The van der Waals surface area contributed by atoms with Crippen molar-refractivity contribution in [3.8, 4) is 0 Å². The molecule has 4 heterocycles. The van der Waals surface area contributed by atoms with Gasteiger partial charge in [-0.2, -0.15) is 4.31 Å². The van der Waals surface area contributed by atoms with Crippen LogP contribution in [0, 0.1) is 6.92 Å². The van der Waals surface area contributed by atoms with Crippen LogP contribution in [0.3, 0.4) is 0 Å². The summed E-state index contributed by atoms with van der Waals surface area (Å²) >= 11 is -0.512. The molecule has 304 valence electrons. The van der Waals surface area contributed by atoms with Gasteiger partial charge in [0.2, 0.25) is 11.0 Å². The lowest BCUT2D eigenvalue weighted by Gasteiger charge is -2.40. The summed E-state index contributed by atoms with van der Waals surface area (Å²) in [6, 6.07) is -0.805. The van der Waals surface area contributed by atoms with Crippen LogP contribution in [0.1, 0.15) is 89.1 Å². The number of nitrogens with one attached hydrogen (secondary N) is 2. The molecule has 5 atom stereocenters. The van der Waals surface area contributed by atoms with E-state index in [1.807, 2.05) is 0 Å². The average molecular weight is 837 g/mol. The number of nitrogens with zero attached hydrogens (tertiary/aromatic N) is 2. The third-order valence-corrected chi connectivity index (χ3v) is 13.0. The zero-order chi connectivity index (χ0) is 41.6. The maximum absolute atomic E-state index is 14.6. The van der Waals surface area contributed by atoms with Crippen molar-refractivity contribution in [2.75, 3.05) is 13.1 Å². The first kappa shape index (κ1) is 44.2. The second kappa shape index (κ2) is 18.2. The smallest absolute Gasteiger partial charge is 0.519 e. The molecule has 20 heteroatoms. The number of ketones is 1. The Morgan fingerprint density at radius 3 is 2.46 bits per heavy atom. The Hall–Kier alpha value is -4.50. The van der Waals surface area contributed by atoms with Crippen molar-refractivity contribution in [1.29, 1.82) is 0 Å². The van der Waals surface area contributed by atoms with E-state index in [2.05, 4.69) is 15.6 Å². The number of fused-ring (bicyclic) bond motifs is 4. The van der Waals surface area contributed by atoms with Crippen LogP contribution < -0.4 is 16.5 Å². The quantitative estimate of drug-likeness (QED) is 0.186. The van der Waals surface area contributed by atoms with Crippen molar-refractivity contribution >= 4 is 75.3 Å². The number of thiazole rings is 1. The highest BCUT2D eigenvalue weighted by Gasteiger charge is 2.69. The Labute approximate surface area is 333 Å². The number of hydrogen-bond donors (Lipinski definition) is 3. The largest absolute Gasteiger partial charge is 0.592 e. The van der Waals surface area contributed by atoms with Crippen LogP contribution in [0.2, 0.25) is 0 Å². The van der Waals surface area contributed by atoms with Crippen LogP contribution in [0.15, 0.2) is 48.9 Å². The number of aromatic nitrogens is 1. The maximum atomic E-state index is 14.6. The van der Waals surface area contributed by atoms with E-state index in [9.17, 15) is 43.2 Å². The average Bonchev–Trinajstić information content (AvgIpc) is 3.79. The van der Waals surface area contributed by atoms with Crippen LogP contribution in [0.5, 0.6) is 0 Å². The molecule has 1 saturated heterocycles. The number of esters is 1. The van der Waals surface area contributed by atoms with Gasteiger partial charge in [-0.05, 0) is 73.1 Å². The molecular weight excluding hydrogens is 793 g/mol. The zero-order valence-electron chi connectivity index (χ0n) is 31.8. The predicted molar refractivity (Wildman–Crippen MR) is 205 cm³/mol. The number of ether oxygens (including phenoxy) is 2. The molecule has 1 fully saturated rings. The second-order valence-electron chi connectivity index (χ2n) is 14.2. The molecule has 56 heavy (non-hydrogen) atoms. The first-order chi connectivity index (χ1) is 26.1. The molecule has 4 bridgehead atoms. The predicted octanol–water partition coefficient (Wildman–Crippen LogP) is 3.34. The molecule has 0 aliphatic carbocycles. The molecular formula is C36H44N4O13S3. The summed E-state index contributed by atoms with van der Waals surface area (Å²) in [4.78, 5) is 94.0. The third kappa shape index (κ3) is 10.9. The number of allylic oxidation sites excluding steroid dienone is 3. The third-order valence-electron chi connectivity index (χ3n) is 8.66. The molecule has 1 unspecified atom stereocenters. The Morgan fingerprint density at radius 2 is 1.80 bits per heavy atom. The molecule has 0 spiro atoms. The van der Waals surface area contributed by atoms with E-state index < -0.39 is 99.6 Å². The second-order valence-corrected chi connectivity index (χ2v) is 17.7. The van der Waals surface area contributed by atoms with Gasteiger partial charge in [0.05, 0.1) is 29.2 Å². The van der Waals surface area contributed by atoms with Gasteiger partial charge in [-0.15, -0.1) is 11.3 Å². The summed E-state index contributed by atoms with van der Waals surface area (Å²) in [5.74, 6) is -3.91. The van der Waals surface area contributed by atoms with Gasteiger partial charge < -0.3 is 38.6 Å². The summed E-state index contributed by atoms with van der Waals surface area (Å²) in [5.41, 5.74) is -2.30. The number of amides is 3. The Bertz CT molecular complexity index is 1990. The molecule has 17 nitrogen and oxygen atoms in total. The summed E-state index contributed by atoms with van der Waals surface area (Å²) in [7, 11) is 0. The summed E-state index contributed by atoms with van der Waals surface area (Å²) in [6.45, 7) is 9.70. The van der Waals surface area contributed by atoms with Crippen molar-refractivity contribution in [1.82, 2.24) is 19.9 Å². The first-order valence-corrected chi connectivity index (χ1v) is 20.3. The number of thioether (sulfide) groups is 1. The molecule has 0 radical (unpaired) electrons. The Morgan fingerprint density at radius 1 is 1.11 bits per heavy atom. The highest BCUT2D eigenvalue weighted by molar-refractivity contribution is 8.13. The number of carbonyl (C=O) groups excluding carboxylic acids is 6. The monoisotopic (exact) mass is 836 g/mol. The number of rotatable bonds is 9. The van der Waals surface area contributed by atoms with Gasteiger partial charge in [0.15, 0.2) is 28.0 Å². The van der Waals surface area contributed by atoms with Gasteiger partial charge in [0, 0.05) is 11.8 Å². The minimum atomic E-state index is -2.40. The molecule has 3 amide bonds. The van der Waals surface area contributed by atoms with Gasteiger partial charge in [-0.25, -0.2) is 14.6 Å². The van der Waals surface area contributed by atoms with Crippen LogP contribution in [0.4, 0.5) is 4.79 Å². The Kier molecular flexibility index (Phi) is 14.4. The van der Waals surface area contributed by atoms with Crippen LogP contribution in [-0.4, -0.2) is 88.9 Å². The minimum Gasteiger partial charge on any atom is -0.592 e. The van der Waals surface area contributed by atoms with E-state index in [4.69, 9.17) is 18.3 Å². The van der Waals surface area contributed by atoms with Crippen molar-refractivity contribution < 1.29 is 56.7 Å². The fourth-order valence-corrected chi connectivity index (χ4v) is 9.55. The standard InChI is InChI=1S/C36H44N4O13S3/c1-20-12-13-36(35(7,48)31(45)55-19-26-22(3)50-33(47)52-26)15-28(43)40(56(36)49)21(2)30-39-23(18-54-30)10-8-9-11-24(41)25(14-20)51-29(44)17-37-27(42)16-38-32(46)53-34(4,5)6/h8-11,14,18,21,25,48H,12-13,15-17,19H2,1-7H3,(H,37,42)(H,38,46)/b10-8+,11-9+,20-14+/t21-,25-,35+,36-,56?/m1/s1. The van der Waals surface area contributed by atoms with Crippen molar-refractivity contribution in [3.63, 3.8) is 0 Å². The minimum absolute atomic E-state index is 0.0233. The van der Waals surface area contributed by atoms with E-state index in [1.165, 1.54) is 49.5 Å². The lowest BCUT2D eigenvalue weighted by Crippen LogP contribution is -2.60. The molecule has 3 N–H and O–H groups in total. The highest BCUT2D eigenvalue weighted by atomic mass is 32.2. The van der Waals surface area contributed by atoms with Crippen LogP contribution >= 0.6 is 23.1 Å². The molecule has 4 rings (SSSR count). The number of alkyl carbamates (subject to hydrolysis) is 1. The SMILES string of the molecule is C/C1=C\[C@@H](OC(=O)CNC(=O)CNC(=O)OC(C)(C)C)C(=O)/C=C/C=C/c2csc(n2)[C@@H](C)N2C(=O)C[C@@]([C@@](C)(O)C(=O)SCc3oc(=O)oc3C)(CC1)[S+]2[O-]. The fraction of sp³-hybridized carbons (Fsp3) is 0.500. The maximum Gasteiger partial charge on any atom is 0.519 e. The molecule has 2 aromatic rings. The number of aryl methyl sites for hydroxylation is 1. The van der Waals surface area contributed by atoms with E-state index in [1.54, 1.807) is 46.1 Å². The van der Waals surface area contributed by atoms with E-state index >= 15 is 0 Å². The normalized spacial score (nSPS) is 24.9. The van der Waals surface area contributed by atoms with E-state index in [0.717, 1.165) is 4.31 Å². The number of hydrogen-bond acceptors (Lipinski definition) is 16. The van der Waals surface area contributed by atoms with Gasteiger partial charge >= 0.3 is 17.9 Å². The van der Waals surface area contributed by atoms with Gasteiger partial charge in [0.1, 0.15) is 35.5 Å². The van der Waals surface area contributed by atoms with Gasteiger partial charge in [0.25, 0.3) is 5.91 Å². The van der Waals surface area contributed by atoms with Crippen molar-refractivity contribution in [3.05, 3.63) is 68.1 Å². The fourth-order valence-electron chi connectivity index (χ4n) is 5.62. The summed E-state index contributed by atoms with van der Waals surface area (Å²) in [6.07, 6.45) is 4.02. The zero-order valence-corrected chi connectivity index (χ0v) is 34.3. The number of carbonyl (C=O) groups is 6. The van der Waals surface area contributed by atoms with Crippen LogP contribution in [0.25, 0.3) is 6.08 Å². The number of aliphatic hydroxyl groups is 1. The van der Waals surface area contributed by atoms with E-state index in [0.29, 0.717) is 28.0 Å². The van der Waals surface area contributed by atoms with Crippen LogP contribution in [-0.2, 0) is 50.6 Å². The molecule has 2 aliphatic rings. The highest BCUT2D eigenvalue weighted by Crippen LogP contribution is 2.50. The molecule has 2 aliphatic heterocycles. The lowest BCUT2D eigenvalue weighted by atomic mass is 9.81. The molecule has 0 saturated carbocycles. The van der Waals surface area contributed by atoms with E-state index in [-0.39, 0.29) is 30.1 Å². The summed E-state index contributed by atoms with van der Waals surface area (Å²) in [5, 5.41) is 17.9. The van der Waals surface area contributed by atoms with Crippen molar-refractivity contribution in [2.45, 2.75) is 102 Å². The van der Waals surface area contributed by atoms with Crippen molar-refractivity contribution in [2.24, 2.45) is 0 Å². The first-order valence-electron chi connectivity index (χ1n) is 17.3. The van der Waals surface area contributed by atoms with Gasteiger partial charge in [-0.3, -0.25) is 24.0 Å². The topological polar surface area (TPSA) is 248 Å². The molecule has 0 aromatic carbocycles. The molecule has 2 aromatic heterocycles. The Balaban J connectivity index is 1.61. The lowest BCUT2D eigenvalue weighted by molar-refractivity contribution is -0.150. The summed E-state index contributed by atoms with van der Waals surface area (Å²) < 4.78 is 34.2. The van der Waals surface area contributed by atoms with Gasteiger partial charge in [-0.1, -0.05) is 29.5 Å².